The van der Waals surface area contributed by atoms with Crippen molar-refractivity contribution in [2.45, 2.75) is 0 Å². The molecule has 72 valence electrons. The van der Waals surface area contributed by atoms with E-state index >= 15 is 0 Å². The van der Waals surface area contributed by atoms with Gasteiger partial charge in [0.05, 0.1) is 0 Å². The summed E-state index contributed by atoms with van der Waals surface area (Å²) in [4.78, 5) is 11.3. The Hall–Kier alpha value is -0.320. The van der Waals surface area contributed by atoms with Crippen LogP contribution in [-0.4, -0.2) is 17.4 Å². The molecular formula is C9H12BrNOS. The van der Waals surface area contributed by atoms with Crippen molar-refractivity contribution >= 4 is 33.9 Å². The highest BCUT2D eigenvalue weighted by atomic mass is 79.9. The van der Waals surface area contributed by atoms with E-state index in [1.165, 1.54) is 11.8 Å². The molecule has 0 aliphatic heterocycles. The molecule has 0 fully saturated rings. The number of carbonyl (C=O) groups is 1. The van der Waals surface area contributed by atoms with Crippen LogP contribution in [0.25, 0.3) is 0 Å². The summed E-state index contributed by atoms with van der Waals surface area (Å²) in [7, 11) is 0. The van der Waals surface area contributed by atoms with Crippen molar-refractivity contribution in [2.24, 2.45) is 5.73 Å². The van der Waals surface area contributed by atoms with Crippen molar-refractivity contribution < 1.29 is 4.79 Å². The quantitative estimate of drug-likeness (QED) is 0.907. The molecule has 1 aromatic rings. The molecule has 0 radical (unpaired) electrons. The maximum absolute atomic E-state index is 11.3. The number of hydrogen-bond donors (Lipinski definition) is 1. The number of carbonyl (C=O) groups excluding carboxylic acids is 1. The topological polar surface area (TPSA) is 43.1 Å². The Morgan fingerprint density at radius 2 is 1.92 bits per heavy atom. The van der Waals surface area contributed by atoms with E-state index in [2.05, 4.69) is 0 Å². The van der Waals surface area contributed by atoms with E-state index in [1.54, 1.807) is 0 Å². The van der Waals surface area contributed by atoms with Crippen LogP contribution in [0.2, 0.25) is 0 Å². The lowest BCUT2D eigenvalue weighted by atomic mass is 10.2. The van der Waals surface area contributed by atoms with E-state index in [0.717, 1.165) is 5.56 Å². The summed E-state index contributed by atoms with van der Waals surface area (Å²) in [5, 5.41) is 0.0982. The van der Waals surface area contributed by atoms with E-state index in [9.17, 15) is 4.79 Å². The molecule has 0 bridgehead atoms. The molecule has 0 spiro atoms. The minimum absolute atomic E-state index is 0. The summed E-state index contributed by atoms with van der Waals surface area (Å²) in [5.74, 6) is 0.688. The summed E-state index contributed by atoms with van der Waals surface area (Å²) in [6.45, 7) is 0.545. The Balaban J connectivity index is 0.00000144. The zero-order valence-corrected chi connectivity index (χ0v) is 9.63. The van der Waals surface area contributed by atoms with Crippen LogP contribution in [0.4, 0.5) is 0 Å². The molecule has 0 aliphatic rings. The monoisotopic (exact) mass is 261 g/mol. The minimum Gasteiger partial charge on any atom is -0.330 e. The van der Waals surface area contributed by atoms with Crippen molar-refractivity contribution in [1.82, 2.24) is 0 Å². The van der Waals surface area contributed by atoms with Crippen LogP contribution in [0.5, 0.6) is 0 Å². The highest BCUT2D eigenvalue weighted by Gasteiger charge is 2.03. The molecular weight excluding hydrogens is 250 g/mol. The molecule has 0 saturated carbocycles. The number of nitrogens with two attached hydrogens (primary N) is 1. The van der Waals surface area contributed by atoms with Gasteiger partial charge in [-0.2, -0.15) is 0 Å². The number of thioether (sulfide) groups is 1. The first-order valence-electron chi connectivity index (χ1n) is 3.77. The van der Waals surface area contributed by atoms with Gasteiger partial charge in [0.25, 0.3) is 0 Å². The van der Waals surface area contributed by atoms with Crippen LogP contribution in [0.1, 0.15) is 10.4 Å². The van der Waals surface area contributed by atoms with E-state index in [4.69, 9.17) is 5.73 Å². The van der Waals surface area contributed by atoms with Gasteiger partial charge in [-0.1, -0.05) is 42.1 Å². The fourth-order valence-corrected chi connectivity index (χ4v) is 1.42. The maximum atomic E-state index is 11.3. The highest BCUT2D eigenvalue weighted by molar-refractivity contribution is 8.93. The van der Waals surface area contributed by atoms with Gasteiger partial charge in [-0.15, -0.1) is 17.0 Å². The Bertz CT molecular complexity index is 253. The van der Waals surface area contributed by atoms with Gasteiger partial charge in [0.1, 0.15) is 0 Å². The number of hydrogen-bond acceptors (Lipinski definition) is 3. The zero-order chi connectivity index (χ0) is 8.81. The highest BCUT2D eigenvalue weighted by Crippen LogP contribution is 2.10. The second-order valence-corrected chi connectivity index (χ2v) is 3.36. The van der Waals surface area contributed by atoms with Gasteiger partial charge in [0, 0.05) is 17.9 Å². The third kappa shape index (κ3) is 4.45. The molecule has 13 heavy (non-hydrogen) atoms. The van der Waals surface area contributed by atoms with Crippen molar-refractivity contribution in [3.05, 3.63) is 35.9 Å². The van der Waals surface area contributed by atoms with Gasteiger partial charge in [0.15, 0.2) is 0 Å². The molecule has 0 saturated heterocycles. The number of benzene rings is 1. The molecule has 2 N–H and O–H groups in total. The van der Waals surface area contributed by atoms with Crippen molar-refractivity contribution in [3.63, 3.8) is 0 Å². The van der Waals surface area contributed by atoms with Gasteiger partial charge in [-0.25, -0.2) is 0 Å². The fourth-order valence-electron chi connectivity index (χ4n) is 0.809. The third-order valence-corrected chi connectivity index (χ3v) is 2.30. The Morgan fingerprint density at radius 1 is 1.31 bits per heavy atom. The lowest BCUT2D eigenvalue weighted by molar-refractivity contribution is 0.108. The molecule has 0 atom stereocenters. The normalized spacial score (nSPS) is 9.00. The largest absolute Gasteiger partial charge is 0.330 e. The van der Waals surface area contributed by atoms with Crippen LogP contribution in [-0.2, 0) is 0 Å². The molecule has 0 aromatic heterocycles. The van der Waals surface area contributed by atoms with E-state index in [1.807, 2.05) is 30.3 Å². The number of rotatable bonds is 3. The Kier molecular flexibility index (Phi) is 6.94. The standard InChI is InChI=1S/C9H11NOS.BrH/c10-6-7-12-9(11)8-4-2-1-3-5-8;/h1-5H,6-7,10H2;1H. The van der Waals surface area contributed by atoms with Crippen LogP contribution >= 0.6 is 28.7 Å². The first kappa shape index (κ1) is 12.7. The first-order valence-corrected chi connectivity index (χ1v) is 4.75. The second kappa shape index (κ2) is 7.12. The predicted octanol–water partition coefficient (Wildman–Crippen LogP) is 2.10. The molecule has 1 rings (SSSR count). The Labute approximate surface area is 92.7 Å². The number of halogens is 1. The second-order valence-electron chi connectivity index (χ2n) is 2.29. The third-order valence-electron chi connectivity index (χ3n) is 1.36. The van der Waals surface area contributed by atoms with Crippen LogP contribution in [0.3, 0.4) is 0 Å². The average molecular weight is 262 g/mol. The fraction of sp³-hybridized carbons (Fsp3) is 0.222. The Morgan fingerprint density at radius 3 is 2.46 bits per heavy atom. The smallest absolute Gasteiger partial charge is 0.219 e. The molecule has 0 aliphatic carbocycles. The molecule has 0 unspecified atom stereocenters. The molecule has 0 amide bonds. The van der Waals surface area contributed by atoms with Crippen LogP contribution < -0.4 is 5.73 Å². The molecule has 4 heteroatoms. The van der Waals surface area contributed by atoms with Gasteiger partial charge in [0.2, 0.25) is 5.12 Å². The van der Waals surface area contributed by atoms with Gasteiger partial charge < -0.3 is 5.73 Å². The summed E-state index contributed by atoms with van der Waals surface area (Å²) < 4.78 is 0. The molecule has 0 heterocycles. The van der Waals surface area contributed by atoms with Gasteiger partial charge >= 0.3 is 0 Å². The lowest BCUT2D eigenvalue weighted by Gasteiger charge is -1.97. The average Bonchev–Trinajstić information content (AvgIpc) is 2.15. The predicted molar refractivity (Wildman–Crippen MR) is 62.6 cm³/mol. The molecule has 2 nitrogen and oxygen atoms in total. The SMILES string of the molecule is Br.NCCSC(=O)c1ccccc1. The van der Waals surface area contributed by atoms with Crippen molar-refractivity contribution in [3.8, 4) is 0 Å². The minimum atomic E-state index is 0. The van der Waals surface area contributed by atoms with E-state index in [0.29, 0.717) is 12.3 Å². The van der Waals surface area contributed by atoms with Crippen LogP contribution in [0, 0.1) is 0 Å². The van der Waals surface area contributed by atoms with Crippen molar-refractivity contribution in [2.75, 3.05) is 12.3 Å². The summed E-state index contributed by atoms with van der Waals surface area (Å²) in [5.41, 5.74) is 6.03. The van der Waals surface area contributed by atoms with Crippen LogP contribution in [0.15, 0.2) is 30.3 Å². The van der Waals surface area contributed by atoms with Gasteiger partial charge in [-0.05, 0) is 0 Å². The molecule has 1 aromatic carbocycles. The van der Waals surface area contributed by atoms with Gasteiger partial charge in [-0.3, -0.25) is 4.79 Å². The lowest BCUT2D eigenvalue weighted by Crippen LogP contribution is -2.04. The van der Waals surface area contributed by atoms with E-state index in [-0.39, 0.29) is 22.1 Å². The summed E-state index contributed by atoms with van der Waals surface area (Å²) in [6.07, 6.45) is 0. The van der Waals surface area contributed by atoms with E-state index < -0.39 is 0 Å². The maximum Gasteiger partial charge on any atom is 0.219 e. The summed E-state index contributed by atoms with van der Waals surface area (Å²) >= 11 is 1.27. The zero-order valence-electron chi connectivity index (χ0n) is 7.10. The summed E-state index contributed by atoms with van der Waals surface area (Å²) in [6, 6.07) is 9.23. The first-order chi connectivity index (χ1) is 5.84. The van der Waals surface area contributed by atoms with Crippen molar-refractivity contribution in [1.29, 1.82) is 0 Å².